The molecule has 0 amide bonds. The molecule has 2 aliphatic rings. The Labute approximate surface area is 88.2 Å². The van der Waals surface area contributed by atoms with Crippen LogP contribution in [-0.2, 0) is 6.42 Å². The first kappa shape index (κ1) is 9.16. The van der Waals surface area contributed by atoms with Gasteiger partial charge >= 0.3 is 0 Å². The van der Waals surface area contributed by atoms with Crippen molar-refractivity contribution >= 4 is 0 Å². The third-order valence-corrected chi connectivity index (χ3v) is 3.29. The second kappa shape index (κ2) is 2.95. The van der Waals surface area contributed by atoms with E-state index >= 15 is 0 Å². The maximum absolute atomic E-state index is 13.0. The molecule has 15 heavy (non-hydrogen) atoms. The summed E-state index contributed by atoms with van der Waals surface area (Å²) >= 11 is 0. The third kappa shape index (κ3) is 1.72. The SMILES string of the molecule is NC1(CC2Cc3cc(F)ccc3O2)CC1. The second-order valence-electron chi connectivity index (χ2n) is 4.76. The van der Waals surface area contributed by atoms with Gasteiger partial charge in [0.2, 0.25) is 0 Å². The molecular formula is C12H14FNO. The lowest BCUT2D eigenvalue weighted by molar-refractivity contribution is 0.206. The molecule has 0 spiro atoms. The van der Waals surface area contributed by atoms with E-state index in [9.17, 15) is 4.39 Å². The van der Waals surface area contributed by atoms with Crippen molar-refractivity contribution in [1.82, 2.24) is 0 Å². The lowest BCUT2D eigenvalue weighted by Gasteiger charge is -2.14. The van der Waals surface area contributed by atoms with E-state index < -0.39 is 0 Å². The van der Waals surface area contributed by atoms with Crippen LogP contribution in [0.15, 0.2) is 18.2 Å². The van der Waals surface area contributed by atoms with Gasteiger partial charge in [-0.15, -0.1) is 0 Å². The molecule has 2 N–H and O–H groups in total. The molecule has 0 aromatic heterocycles. The molecule has 1 saturated carbocycles. The van der Waals surface area contributed by atoms with Crippen molar-refractivity contribution in [2.75, 3.05) is 0 Å². The number of hydrogen-bond donors (Lipinski definition) is 1. The van der Waals surface area contributed by atoms with Crippen molar-refractivity contribution in [3.63, 3.8) is 0 Å². The highest BCUT2D eigenvalue weighted by molar-refractivity contribution is 5.38. The second-order valence-corrected chi connectivity index (χ2v) is 4.76. The van der Waals surface area contributed by atoms with Gasteiger partial charge in [0.25, 0.3) is 0 Å². The monoisotopic (exact) mass is 207 g/mol. The lowest BCUT2D eigenvalue weighted by atomic mass is 10.0. The van der Waals surface area contributed by atoms with E-state index in [1.54, 1.807) is 12.1 Å². The number of fused-ring (bicyclic) bond motifs is 1. The van der Waals surface area contributed by atoms with Crippen LogP contribution in [0.3, 0.4) is 0 Å². The molecular weight excluding hydrogens is 193 g/mol. The van der Waals surface area contributed by atoms with Crippen LogP contribution in [0.25, 0.3) is 0 Å². The minimum atomic E-state index is -0.188. The van der Waals surface area contributed by atoms with Crippen LogP contribution in [-0.4, -0.2) is 11.6 Å². The Bertz CT molecular complexity index is 401. The summed E-state index contributed by atoms with van der Waals surface area (Å²) in [5.74, 6) is 0.637. The van der Waals surface area contributed by atoms with Crippen LogP contribution < -0.4 is 10.5 Å². The maximum Gasteiger partial charge on any atom is 0.123 e. The Morgan fingerprint density at radius 1 is 1.47 bits per heavy atom. The average Bonchev–Trinajstić information content (AvgIpc) is 2.76. The summed E-state index contributed by atoms with van der Waals surface area (Å²) in [6, 6.07) is 4.71. The lowest BCUT2D eigenvalue weighted by Crippen LogP contribution is -2.30. The fraction of sp³-hybridized carbons (Fsp3) is 0.500. The molecule has 1 aromatic rings. The van der Waals surface area contributed by atoms with E-state index in [1.807, 2.05) is 0 Å². The molecule has 0 radical (unpaired) electrons. The zero-order valence-corrected chi connectivity index (χ0v) is 8.50. The molecule has 0 bridgehead atoms. The number of ether oxygens (including phenoxy) is 1. The molecule has 1 heterocycles. The van der Waals surface area contributed by atoms with Crippen molar-refractivity contribution in [3.05, 3.63) is 29.6 Å². The number of benzene rings is 1. The molecule has 1 aromatic carbocycles. The van der Waals surface area contributed by atoms with Crippen LogP contribution in [0.1, 0.15) is 24.8 Å². The van der Waals surface area contributed by atoms with Gasteiger partial charge in [-0.3, -0.25) is 0 Å². The third-order valence-electron chi connectivity index (χ3n) is 3.29. The molecule has 1 aliphatic carbocycles. The van der Waals surface area contributed by atoms with Gasteiger partial charge in [-0.05, 0) is 31.0 Å². The Morgan fingerprint density at radius 3 is 3.00 bits per heavy atom. The highest BCUT2D eigenvalue weighted by Gasteiger charge is 2.42. The van der Waals surface area contributed by atoms with Crippen molar-refractivity contribution in [1.29, 1.82) is 0 Å². The van der Waals surface area contributed by atoms with Crippen LogP contribution in [0.2, 0.25) is 0 Å². The zero-order chi connectivity index (χ0) is 10.5. The normalized spacial score (nSPS) is 25.9. The molecule has 0 saturated heterocycles. The average molecular weight is 207 g/mol. The van der Waals surface area contributed by atoms with Crippen LogP contribution >= 0.6 is 0 Å². The van der Waals surface area contributed by atoms with Crippen LogP contribution in [0, 0.1) is 5.82 Å². The molecule has 3 rings (SSSR count). The quantitative estimate of drug-likeness (QED) is 0.805. The summed E-state index contributed by atoms with van der Waals surface area (Å²) in [4.78, 5) is 0. The van der Waals surface area contributed by atoms with Crippen molar-refractivity contribution < 1.29 is 9.13 Å². The van der Waals surface area contributed by atoms with Gasteiger partial charge in [0.05, 0.1) is 0 Å². The van der Waals surface area contributed by atoms with Crippen LogP contribution in [0.4, 0.5) is 4.39 Å². The zero-order valence-electron chi connectivity index (χ0n) is 8.50. The number of nitrogens with two attached hydrogens (primary N) is 1. The molecule has 1 fully saturated rings. The fourth-order valence-corrected chi connectivity index (χ4v) is 2.22. The highest BCUT2D eigenvalue weighted by atomic mass is 19.1. The van der Waals surface area contributed by atoms with Crippen molar-refractivity contribution in [3.8, 4) is 5.75 Å². The molecule has 2 nitrogen and oxygen atoms in total. The van der Waals surface area contributed by atoms with Gasteiger partial charge in [0, 0.05) is 23.9 Å². The van der Waals surface area contributed by atoms with Gasteiger partial charge in [-0.2, -0.15) is 0 Å². The highest BCUT2D eigenvalue weighted by Crippen LogP contribution is 2.40. The minimum absolute atomic E-state index is 0.00521. The van der Waals surface area contributed by atoms with Gasteiger partial charge < -0.3 is 10.5 Å². The summed E-state index contributed by atoms with van der Waals surface area (Å²) in [6.07, 6.45) is 4.03. The molecule has 1 aliphatic heterocycles. The van der Waals surface area contributed by atoms with Crippen molar-refractivity contribution in [2.24, 2.45) is 5.73 Å². The maximum atomic E-state index is 13.0. The van der Waals surface area contributed by atoms with E-state index in [0.29, 0.717) is 0 Å². The van der Waals surface area contributed by atoms with Crippen LogP contribution in [0.5, 0.6) is 5.75 Å². The predicted octanol–water partition coefficient (Wildman–Crippen LogP) is 2.01. The fourth-order valence-electron chi connectivity index (χ4n) is 2.22. The summed E-state index contributed by atoms with van der Waals surface area (Å²) in [5.41, 5.74) is 7.02. The van der Waals surface area contributed by atoms with E-state index in [4.69, 9.17) is 10.5 Å². The Morgan fingerprint density at radius 2 is 2.27 bits per heavy atom. The molecule has 3 heteroatoms. The standard InChI is InChI=1S/C12H14FNO/c13-9-1-2-11-8(5-9)6-10(15-11)7-12(14)3-4-12/h1-2,5,10H,3-4,6-7,14H2. The number of halogens is 1. The van der Waals surface area contributed by atoms with E-state index in [2.05, 4.69) is 0 Å². The van der Waals surface area contributed by atoms with E-state index in [0.717, 1.165) is 37.0 Å². The van der Waals surface area contributed by atoms with Gasteiger partial charge in [0.1, 0.15) is 17.7 Å². The Hall–Kier alpha value is -1.09. The predicted molar refractivity (Wildman–Crippen MR) is 55.3 cm³/mol. The smallest absolute Gasteiger partial charge is 0.123 e. The first-order valence-corrected chi connectivity index (χ1v) is 5.39. The largest absolute Gasteiger partial charge is 0.490 e. The number of rotatable bonds is 2. The first-order valence-electron chi connectivity index (χ1n) is 5.39. The number of hydrogen-bond acceptors (Lipinski definition) is 2. The summed E-state index contributed by atoms with van der Waals surface area (Å²) in [6.45, 7) is 0. The molecule has 1 unspecified atom stereocenters. The first-order chi connectivity index (χ1) is 7.15. The van der Waals surface area contributed by atoms with Crippen molar-refractivity contribution in [2.45, 2.75) is 37.3 Å². The topological polar surface area (TPSA) is 35.2 Å². The molecule has 1 atom stereocenters. The summed E-state index contributed by atoms with van der Waals surface area (Å²) < 4.78 is 18.7. The van der Waals surface area contributed by atoms with Gasteiger partial charge in [0.15, 0.2) is 0 Å². The Balaban J connectivity index is 1.74. The van der Waals surface area contributed by atoms with Gasteiger partial charge in [-0.25, -0.2) is 4.39 Å². The molecule has 80 valence electrons. The van der Waals surface area contributed by atoms with Gasteiger partial charge in [-0.1, -0.05) is 0 Å². The summed E-state index contributed by atoms with van der Waals surface area (Å²) in [7, 11) is 0. The minimum Gasteiger partial charge on any atom is -0.490 e. The van der Waals surface area contributed by atoms with E-state index in [1.165, 1.54) is 6.07 Å². The summed E-state index contributed by atoms with van der Waals surface area (Å²) in [5, 5.41) is 0. The Kier molecular flexibility index (Phi) is 1.80. The van der Waals surface area contributed by atoms with E-state index in [-0.39, 0.29) is 17.5 Å².